The smallest absolute Gasteiger partial charge is 0.103 e. The molecule has 26 heavy (non-hydrogen) atoms. The summed E-state index contributed by atoms with van der Waals surface area (Å²) in [5.74, 6) is 0. The third-order valence-corrected chi connectivity index (χ3v) is 4.40. The van der Waals surface area contributed by atoms with Crippen LogP contribution in [-0.2, 0) is 17.9 Å². The molecule has 0 aliphatic rings. The zero-order valence-corrected chi connectivity index (χ0v) is 15.2. The van der Waals surface area contributed by atoms with Gasteiger partial charge < -0.3 is 10.1 Å². The van der Waals surface area contributed by atoms with Gasteiger partial charge in [-0.05, 0) is 30.0 Å². The van der Waals surface area contributed by atoms with E-state index in [1.165, 1.54) is 11.1 Å². The molecule has 0 fully saturated rings. The van der Waals surface area contributed by atoms with Crippen molar-refractivity contribution in [2.75, 3.05) is 11.9 Å². The van der Waals surface area contributed by atoms with Crippen molar-refractivity contribution in [2.45, 2.75) is 33.4 Å². The van der Waals surface area contributed by atoms with Crippen LogP contribution in [0, 0.1) is 18.3 Å². The molecule has 0 amide bonds. The van der Waals surface area contributed by atoms with E-state index in [2.05, 4.69) is 35.4 Å². The Balaban J connectivity index is 1.89. The monoisotopic (exact) mass is 345 g/mol. The fourth-order valence-electron chi connectivity index (χ4n) is 3.03. The second-order valence-electron chi connectivity index (χ2n) is 6.30. The van der Waals surface area contributed by atoms with Gasteiger partial charge in [0.15, 0.2) is 0 Å². The van der Waals surface area contributed by atoms with Gasteiger partial charge in [0, 0.05) is 24.7 Å². The van der Waals surface area contributed by atoms with E-state index in [1.54, 1.807) is 6.20 Å². The molecule has 0 atom stereocenters. The predicted molar refractivity (Wildman–Crippen MR) is 105 cm³/mol. The maximum absolute atomic E-state index is 9.49. The molecule has 0 saturated carbocycles. The molecular weight excluding hydrogens is 322 g/mol. The average molecular weight is 345 g/mol. The Hall–Kier alpha value is -2.90. The fourth-order valence-corrected chi connectivity index (χ4v) is 3.03. The maximum Gasteiger partial charge on any atom is 0.103 e. The highest BCUT2D eigenvalue weighted by atomic mass is 16.5. The van der Waals surface area contributed by atoms with Crippen molar-refractivity contribution in [3.63, 3.8) is 0 Å². The molecule has 3 rings (SSSR count). The Bertz CT molecular complexity index is 944. The molecule has 1 aromatic heterocycles. The van der Waals surface area contributed by atoms with Crippen LogP contribution in [-0.4, -0.2) is 11.6 Å². The van der Waals surface area contributed by atoms with E-state index in [1.807, 2.05) is 37.3 Å². The number of hydrogen-bond acceptors (Lipinski definition) is 4. The molecule has 1 heterocycles. The molecule has 0 spiro atoms. The van der Waals surface area contributed by atoms with E-state index >= 15 is 0 Å². The van der Waals surface area contributed by atoms with Gasteiger partial charge in [-0.15, -0.1) is 0 Å². The highest BCUT2D eigenvalue weighted by Crippen LogP contribution is 2.28. The first-order valence-corrected chi connectivity index (χ1v) is 8.91. The van der Waals surface area contributed by atoms with Crippen molar-refractivity contribution in [2.24, 2.45) is 0 Å². The molecule has 4 heteroatoms. The zero-order chi connectivity index (χ0) is 18.4. The highest BCUT2D eigenvalue weighted by molar-refractivity contribution is 5.95. The van der Waals surface area contributed by atoms with Crippen LogP contribution in [0.4, 0.5) is 5.69 Å². The summed E-state index contributed by atoms with van der Waals surface area (Å²) >= 11 is 0. The number of anilines is 1. The maximum atomic E-state index is 9.49. The molecule has 0 unspecified atom stereocenters. The van der Waals surface area contributed by atoms with Gasteiger partial charge in [0.25, 0.3) is 0 Å². The Labute approximate surface area is 154 Å². The number of ether oxygens (including phenoxy) is 1. The number of benzene rings is 2. The number of aromatic nitrogens is 1. The first-order chi connectivity index (χ1) is 12.7. The minimum absolute atomic E-state index is 0.558. The van der Waals surface area contributed by atoms with E-state index in [0.717, 1.165) is 35.2 Å². The van der Waals surface area contributed by atoms with Gasteiger partial charge in [-0.2, -0.15) is 5.26 Å². The second-order valence-corrected chi connectivity index (χ2v) is 6.30. The largest absolute Gasteiger partial charge is 0.379 e. The van der Waals surface area contributed by atoms with Gasteiger partial charge in [0.1, 0.15) is 6.07 Å². The molecule has 4 nitrogen and oxygen atoms in total. The van der Waals surface area contributed by atoms with E-state index in [-0.39, 0.29) is 0 Å². The third-order valence-electron chi connectivity index (χ3n) is 4.40. The minimum Gasteiger partial charge on any atom is -0.379 e. The lowest BCUT2D eigenvalue weighted by molar-refractivity contribution is 0.121. The van der Waals surface area contributed by atoms with Crippen LogP contribution in [0.2, 0.25) is 0 Å². The van der Waals surface area contributed by atoms with Gasteiger partial charge >= 0.3 is 0 Å². The second kappa shape index (κ2) is 8.46. The van der Waals surface area contributed by atoms with Crippen LogP contribution in [0.3, 0.4) is 0 Å². The fraction of sp³-hybridized carbons (Fsp3) is 0.273. The molecule has 0 bridgehead atoms. The molecule has 0 radical (unpaired) electrons. The number of nitriles is 1. The quantitative estimate of drug-likeness (QED) is 0.615. The van der Waals surface area contributed by atoms with Gasteiger partial charge in [-0.25, -0.2) is 0 Å². The van der Waals surface area contributed by atoms with E-state index in [0.29, 0.717) is 18.7 Å². The molecule has 1 N–H and O–H groups in total. The number of rotatable bonds is 7. The summed E-state index contributed by atoms with van der Waals surface area (Å²) in [5, 5.41) is 13.9. The predicted octanol–water partition coefficient (Wildman–Crippen LogP) is 4.95. The molecule has 0 saturated heterocycles. The number of pyridine rings is 1. The lowest BCUT2D eigenvalue weighted by Gasteiger charge is -2.15. The molecular formula is C22H23N3O. The highest BCUT2D eigenvalue weighted by Gasteiger charge is 2.11. The summed E-state index contributed by atoms with van der Waals surface area (Å²) in [5.41, 5.74) is 5.76. The lowest BCUT2D eigenvalue weighted by Crippen LogP contribution is -2.06. The van der Waals surface area contributed by atoms with Crippen molar-refractivity contribution in [3.05, 3.63) is 70.9 Å². The first-order valence-electron chi connectivity index (χ1n) is 8.91. The molecule has 2 aromatic carbocycles. The number of nitrogens with zero attached hydrogens (tertiary/aromatic N) is 2. The van der Waals surface area contributed by atoms with Crippen LogP contribution < -0.4 is 5.32 Å². The molecule has 3 aromatic rings. The summed E-state index contributed by atoms with van der Waals surface area (Å²) in [6, 6.07) is 16.5. The van der Waals surface area contributed by atoms with Gasteiger partial charge in [-0.3, -0.25) is 4.98 Å². The topological polar surface area (TPSA) is 57.9 Å². The third kappa shape index (κ3) is 3.84. The zero-order valence-electron chi connectivity index (χ0n) is 15.2. The first kappa shape index (κ1) is 17.9. The summed E-state index contributed by atoms with van der Waals surface area (Å²) in [6.07, 6.45) is 2.65. The standard InChI is InChI=1S/C22H23N3O/c1-3-11-26-15-18-9-5-4-8-17(18)13-25-22-19(12-23)14-24-21-16(2)7-6-10-20(21)22/h4-10,14H,3,11,13,15H2,1-2H3,(H,24,25). The van der Waals surface area contributed by atoms with E-state index < -0.39 is 0 Å². The normalized spacial score (nSPS) is 10.7. The summed E-state index contributed by atoms with van der Waals surface area (Å²) < 4.78 is 5.70. The van der Waals surface area contributed by atoms with Crippen LogP contribution in [0.15, 0.2) is 48.7 Å². The summed E-state index contributed by atoms with van der Waals surface area (Å²) in [7, 11) is 0. The molecule has 0 aliphatic carbocycles. The summed E-state index contributed by atoms with van der Waals surface area (Å²) in [4.78, 5) is 4.45. The van der Waals surface area contributed by atoms with Crippen molar-refractivity contribution >= 4 is 16.6 Å². The molecule has 0 aliphatic heterocycles. The number of nitrogens with one attached hydrogen (secondary N) is 1. The number of hydrogen-bond donors (Lipinski definition) is 1. The van der Waals surface area contributed by atoms with Crippen molar-refractivity contribution in [1.29, 1.82) is 5.26 Å². The van der Waals surface area contributed by atoms with Crippen LogP contribution in [0.5, 0.6) is 0 Å². The number of fused-ring (bicyclic) bond motifs is 1. The van der Waals surface area contributed by atoms with Crippen molar-refractivity contribution in [1.82, 2.24) is 4.98 Å². The van der Waals surface area contributed by atoms with Crippen molar-refractivity contribution < 1.29 is 4.74 Å². The van der Waals surface area contributed by atoms with Crippen molar-refractivity contribution in [3.8, 4) is 6.07 Å². The lowest BCUT2D eigenvalue weighted by atomic mass is 10.0. The Morgan fingerprint density at radius 1 is 1.12 bits per heavy atom. The SMILES string of the molecule is CCCOCc1ccccc1CNc1c(C#N)cnc2c(C)cccc12. The molecule has 132 valence electrons. The summed E-state index contributed by atoms with van der Waals surface area (Å²) in [6.45, 7) is 6.13. The Kier molecular flexibility index (Phi) is 5.83. The van der Waals surface area contributed by atoms with Crippen LogP contribution in [0.1, 0.15) is 35.6 Å². The van der Waals surface area contributed by atoms with E-state index in [9.17, 15) is 5.26 Å². The van der Waals surface area contributed by atoms with Gasteiger partial charge in [0.05, 0.1) is 23.4 Å². The van der Waals surface area contributed by atoms with Gasteiger partial charge in [0.2, 0.25) is 0 Å². The van der Waals surface area contributed by atoms with Crippen LogP contribution >= 0.6 is 0 Å². The van der Waals surface area contributed by atoms with Crippen LogP contribution in [0.25, 0.3) is 10.9 Å². The minimum atomic E-state index is 0.558. The Morgan fingerprint density at radius 3 is 2.69 bits per heavy atom. The number of aryl methyl sites for hydroxylation is 1. The Morgan fingerprint density at radius 2 is 1.92 bits per heavy atom. The van der Waals surface area contributed by atoms with Gasteiger partial charge in [-0.1, -0.05) is 49.4 Å². The van der Waals surface area contributed by atoms with E-state index in [4.69, 9.17) is 4.74 Å². The number of para-hydroxylation sites is 1. The average Bonchev–Trinajstić information content (AvgIpc) is 2.67.